The first-order valence-electron chi connectivity index (χ1n) is 27.5. The van der Waals surface area contributed by atoms with Crippen LogP contribution in [0.1, 0.15) is 124 Å². The number of ether oxygens (including phenoxy) is 4. The number of amides is 6. The van der Waals surface area contributed by atoms with Gasteiger partial charge in [0.25, 0.3) is 11.8 Å². The lowest BCUT2D eigenvalue weighted by Gasteiger charge is -2.35. The van der Waals surface area contributed by atoms with Gasteiger partial charge in [-0.25, -0.2) is 9.59 Å². The maximum Gasteiger partial charge on any atom is 0.342 e. The van der Waals surface area contributed by atoms with E-state index < -0.39 is 131 Å². The third-order valence-electron chi connectivity index (χ3n) is 15.1. The summed E-state index contributed by atoms with van der Waals surface area (Å²) in [7, 11) is 4.12. The van der Waals surface area contributed by atoms with E-state index in [4.69, 9.17) is 18.9 Å². The first-order chi connectivity index (χ1) is 37.2. The minimum Gasteiger partial charge on any atom is -0.497 e. The average Bonchev–Trinajstić information content (AvgIpc) is 4.12. The van der Waals surface area contributed by atoms with Crippen molar-refractivity contribution in [3.63, 3.8) is 0 Å². The van der Waals surface area contributed by atoms with E-state index in [1.54, 1.807) is 45.0 Å². The predicted octanol–water partition coefficient (Wildman–Crippen LogP) is 4.29. The molecule has 2 aromatic rings. The molecule has 0 radical (unpaired) electrons. The molecule has 2 fully saturated rings. The second-order valence-corrected chi connectivity index (χ2v) is 22.4. The fourth-order valence-corrected chi connectivity index (χ4v) is 10.6. The molecule has 79 heavy (non-hydrogen) atoms. The number of carbonyl (C=O) groups is 10. The van der Waals surface area contributed by atoms with E-state index in [1.165, 1.54) is 74.9 Å². The maximum absolute atomic E-state index is 15.0. The number of benzene rings is 2. The molecule has 0 aromatic heterocycles. The lowest BCUT2D eigenvalue weighted by atomic mass is 9.80. The fraction of sp³-hybridized carbons (Fsp3) is 0.621. The molecule has 434 valence electrons. The van der Waals surface area contributed by atoms with E-state index >= 15 is 0 Å². The van der Waals surface area contributed by atoms with Crippen LogP contribution in [0.15, 0.2) is 42.5 Å². The highest BCUT2D eigenvalue weighted by Crippen LogP contribution is 2.33. The van der Waals surface area contributed by atoms with Gasteiger partial charge in [-0.1, -0.05) is 66.7 Å². The number of fused-ring (bicyclic) bond motifs is 3. The standard InChI is InChI=1S/C58H82N6O15/c1-30(2)27-40(33(7)47(66)43-19-15-25-63(43)54(71)35(9)65)52(69)61-46-36(10)78-58(75)45(29-37-21-23-38(76-12)24-22-37)62(11)56(73)44-20-16-26-64(44)55(72)42(28-31(3)4)60-51(68)34(8)48(67)49(32(5)6)79-57(74)39-17-14-18-41(50(39)77-13)59-53(46)70/h14,17-18,21-24,30-36,40,42-46,49,65H,15-16,19-20,25-29H2,1-13H3,(H,59,70)(H,60,68)(H,61,69)/t33?,34-,35-,36+,40-,42-,43-,44-,45-,46-,49-/m0/s1. The molecule has 21 heteroatoms. The Morgan fingerprint density at radius 2 is 1.47 bits per heavy atom. The highest BCUT2D eigenvalue weighted by Gasteiger charge is 2.46. The molecular weight excluding hydrogens is 1020 g/mol. The van der Waals surface area contributed by atoms with Crippen LogP contribution in [0.5, 0.6) is 11.5 Å². The predicted molar refractivity (Wildman–Crippen MR) is 290 cm³/mol. The monoisotopic (exact) mass is 1100 g/mol. The van der Waals surface area contributed by atoms with Crippen LogP contribution in [0.2, 0.25) is 0 Å². The molecule has 2 saturated heterocycles. The lowest BCUT2D eigenvalue weighted by Crippen LogP contribution is -2.58. The van der Waals surface area contributed by atoms with Crippen LogP contribution < -0.4 is 25.4 Å². The zero-order chi connectivity index (χ0) is 58.7. The normalized spacial score (nSPS) is 25.3. The Morgan fingerprint density at radius 3 is 2.06 bits per heavy atom. The van der Waals surface area contributed by atoms with Crippen LogP contribution in [0.3, 0.4) is 0 Å². The highest BCUT2D eigenvalue weighted by molar-refractivity contribution is 6.07. The summed E-state index contributed by atoms with van der Waals surface area (Å²) < 4.78 is 23.1. The third-order valence-corrected chi connectivity index (χ3v) is 15.1. The van der Waals surface area contributed by atoms with E-state index in [2.05, 4.69) is 16.0 Å². The molecule has 2 bridgehead atoms. The Bertz CT molecular complexity index is 2570. The summed E-state index contributed by atoms with van der Waals surface area (Å²) in [6.07, 6.45) is -2.76. The number of aliphatic hydroxyl groups excluding tert-OH is 1. The van der Waals surface area contributed by atoms with Crippen molar-refractivity contribution in [3.05, 3.63) is 53.6 Å². The number of ketones is 2. The summed E-state index contributed by atoms with van der Waals surface area (Å²) in [6.45, 7) is 16.7. The molecule has 0 saturated carbocycles. The van der Waals surface area contributed by atoms with Crippen molar-refractivity contribution in [2.24, 2.45) is 35.5 Å². The third kappa shape index (κ3) is 15.3. The van der Waals surface area contributed by atoms with Gasteiger partial charge in [0.15, 0.2) is 23.4 Å². The number of methoxy groups -OCH3 is 2. The zero-order valence-electron chi connectivity index (χ0n) is 48.0. The largest absolute Gasteiger partial charge is 0.497 e. The molecule has 3 aliphatic heterocycles. The number of cyclic esters (lactones) is 2. The van der Waals surface area contributed by atoms with Crippen LogP contribution in [-0.4, -0.2) is 162 Å². The summed E-state index contributed by atoms with van der Waals surface area (Å²) in [5.74, 6) is -11.7. The van der Waals surface area contributed by atoms with E-state index in [-0.39, 0.29) is 67.6 Å². The number of hydrogen-bond acceptors (Lipinski definition) is 15. The van der Waals surface area contributed by atoms with Gasteiger partial charge in [-0.15, -0.1) is 0 Å². The van der Waals surface area contributed by atoms with Crippen molar-refractivity contribution in [2.45, 2.75) is 163 Å². The van der Waals surface area contributed by atoms with Crippen LogP contribution in [0.25, 0.3) is 0 Å². The number of anilines is 1. The van der Waals surface area contributed by atoms with Crippen molar-refractivity contribution in [1.82, 2.24) is 25.3 Å². The van der Waals surface area contributed by atoms with E-state index in [0.29, 0.717) is 30.6 Å². The number of aliphatic hydroxyl groups is 1. The van der Waals surface area contributed by atoms with Crippen molar-refractivity contribution in [1.29, 1.82) is 0 Å². The number of likely N-dealkylation sites (N-methyl/N-ethyl adjacent to an activating group) is 1. The molecule has 2 aromatic carbocycles. The number of para-hydroxylation sites is 1. The van der Waals surface area contributed by atoms with Gasteiger partial charge in [-0.3, -0.25) is 38.4 Å². The van der Waals surface area contributed by atoms with Gasteiger partial charge in [-0.2, -0.15) is 0 Å². The molecule has 0 spiro atoms. The van der Waals surface area contributed by atoms with Crippen LogP contribution >= 0.6 is 0 Å². The maximum atomic E-state index is 15.0. The first-order valence-corrected chi connectivity index (χ1v) is 27.5. The average molecular weight is 1100 g/mol. The Morgan fingerprint density at radius 1 is 0.810 bits per heavy atom. The summed E-state index contributed by atoms with van der Waals surface area (Å²) >= 11 is 0. The number of esters is 2. The lowest BCUT2D eigenvalue weighted by molar-refractivity contribution is -0.162. The first kappa shape index (κ1) is 62.9. The van der Waals surface area contributed by atoms with Crippen LogP contribution in [-0.2, 0) is 59.0 Å². The summed E-state index contributed by atoms with van der Waals surface area (Å²) in [6, 6.07) is 4.58. The van der Waals surface area contributed by atoms with Gasteiger partial charge in [-0.05, 0) is 107 Å². The smallest absolute Gasteiger partial charge is 0.342 e. The topological polar surface area (TPSA) is 274 Å². The summed E-state index contributed by atoms with van der Waals surface area (Å²) in [5.41, 5.74) is 0.244. The zero-order valence-corrected chi connectivity index (χ0v) is 48.0. The fourth-order valence-electron chi connectivity index (χ4n) is 10.6. The molecule has 3 aliphatic rings. The summed E-state index contributed by atoms with van der Waals surface area (Å²) in [5, 5.41) is 18.4. The highest BCUT2D eigenvalue weighted by atomic mass is 16.6. The number of carbonyl (C=O) groups excluding carboxylic acids is 10. The van der Waals surface area contributed by atoms with Crippen molar-refractivity contribution < 1.29 is 72.0 Å². The SMILES string of the molecule is COc1ccc(C[C@H]2C(=O)O[C@H](C)[C@H](NC(=O)[C@@H](CC(C)C)C(C)C(=O)[C@@H]3CCCN3C(=O)[C@H](C)O)C(=O)Nc3cccc(c3OC)C(=O)O[C@@H](C(C)C)C(=O)[C@H](C)C(=O)N[C@@H](CC(C)C)C(=O)N3CCC[C@H]3C(=O)N2C)cc1. The van der Waals surface area contributed by atoms with Gasteiger partial charge in [0, 0.05) is 38.4 Å². The number of nitrogens with zero attached hydrogens (tertiary/aromatic N) is 3. The molecule has 21 nitrogen and oxygen atoms in total. The van der Waals surface area contributed by atoms with Crippen molar-refractivity contribution in [2.75, 3.05) is 39.7 Å². The molecule has 0 aliphatic carbocycles. The number of nitrogens with one attached hydrogen (secondary N) is 3. The molecule has 6 amide bonds. The van der Waals surface area contributed by atoms with Gasteiger partial charge < -0.3 is 54.7 Å². The molecule has 4 N–H and O–H groups in total. The minimum absolute atomic E-state index is 0.102. The van der Waals surface area contributed by atoms with E-state index in [9.17, 15) is 53.1 Å². The Labute approximate surface area is 463 Å². The number of likely N-dealkylation sites (tertiary alicyclic amines) is 1. The Balaban J connectivity index is 1.65. The minimum atomic E-state index is -1.74. The second kappa shape index (κ2) is 27.8. The van der Waals surface area contributed by atoms with Gasteiger partial charge in [0.1, 0.15) is 47.7 Å². The van der Waals surface area contributed by atoms with Gasteiger partial charge in [0.2, 0.25) is 23.6 Å². The molecule has 3 heterocycles. The molecule has 1 unspecified atom stereocenters. The second-order valence-electron chi connectivity index (χ2n) is 22.4. The quantitative estimate of drug-likeness (QED) is 0.143. The van der Waals surface area contributed by atoms with Crippen molar-refractivity contribution >= 4 is 64.6 Å². The van der Waals surface area contributed by atoms with Crippen molar-refractivity contribution in [3.8, 4) is 11.5 Å². The number of Topliss-reactive ketones (excluding diaryl/α,β-unsaturated/α-hetero) is 2. The number of rotatable bonds is 15. The molecule has 5 rings (SSSR count). The Kier molecular flexibility index (Phi) is 22.1. The van der Waals surface area contributed by atoms with Crippen LogP contribution in [0.4, 0.5) is 5.69 Å². The number of hydrogen-bond donors (Lipinski definition) is 4. The molecular formula is C58H82N6O15. The van der Waals surface area contributed by atoms with Gasteiger partial charge >= 0.3 is 11.9 Å². The molecule has 11 atom stereocenters. The van der Waals surface area contributed by atoms with E-state index in [0.717, 1.165) is 0 Å². The van der Waals surface area contributed by atoms with E-state index in [1.807, 2.05) is 27.7 Å². The van der Waals surface area contributed by atoms with Gasteiger partial charge in [0.05, 0.1) is 31.9 Å². The van der Waals surface area contributed by atoms with Crippen LogP contribution in [0, 0.1) is 35.5 Å². The summed E-state index contributed by atoms with van der Waals surface area (Å²) in [4.78, 5) is 148. The Hall–Kier alpha value is -6.90.